The van der Waals surface area contributed by atoms with Crippen molar-refractivity contribution in [3.05, 3.63) is 0 Å². The fourth-order valence-electron chi connectivity index (χ4n) is 0. The van der Waals surface area contributed by atoms with Crippen molar-refractivity contribution in [1.82, 2.24) is 0 Å². The van der Waals surface area contributed by atoms with E-state index in [1.165, 1.54) is 0 Å². The van der Waals surface area contributed by atoms with E-state index >= 15 is 0 Å². The second kappa shape index (κ2) is 8.83. The molecule has 6 heavy (non-hydrogen) atoms. The summed E-state index contributed by atoms with van der Waals surface area (Å²) in [7, 11) is 0. The van der Waals surface area contributed by atoms with Gasteiger partial charge in [0.1, 0.15) is 0 Å². The number of carboxylic acid groups (broad SMARTS) is 2. The van der Waals surface area contributed by atoms with Gasteiger partial charge < -0.3 is 10.2 Å². The zero-order valence-electron chi connectivity index (χ0n) is 2.70. The summed E-state index contributed by atoms with van der Waals surface area (Å²) in [5.41, 5.74) is 0. The summed E-state index contributed by atoms with van der Waals surface area (Å²) in [6.07, 6.45) is -1.83. The summed E-state index contributed by atoms with van der Waals surface area (Å²) in [4.78, 5) is 12.7. The molecule has 0 aromatic carbocycles. The van der Waals surface area contributed by atoms with E-state index in [4.69, 9.17) is 15.0 Å². The zero-order valence-corrected chi connectivity index (χ0v) is 3.68. The number of rotatable bonds is 0. The first-order chi connectivity index (χ1) is 2.73. The molecule has 0 spiro atoms. The molecule has 0 radical (unpaired) electrons. The number of hydrogen-bond donors (Lipinski definition) is 3. The molecule has 5 heteroatoms. The fourth-order valence-corrected chi connectivity index (χ4v) is 0. The van der Waals surface area contributed by atoms with Gasteiger partial charge in [-0.2, -0.15) is 0 Å². The molecule has 0 rings (SSSR count). The molecule has 41 valence electrons. The minimum absolute atomic E-state index is 1.83. The molecule has 0 saturated heterocycles. The van der Waals surface area contributed by atoms with E-state index in [-0.39, 0.29) is 0 Å². The van der Waals surface area contributed by atoms with Crippen LogP contribution in [0.2, 0.25) is 0 Å². The first-order valence-electron chi connectivity index (χ1n) is 0.834. The van der Waals surface area contributed by atoms with Gasteiger partial charge in [0.05, 0.1) is 0 Å². The van der Waals surface area contributed by atoms with Crippen LogP contribution in [0.5, 0.6) is 0 Å². The average molecular weight is 137 g/mol. The Hall–Kier alpha value is -0.276. The van der Waals surface area contributed by atoms with E-state index < -0.39 is 6.16 Å². The van der Waals surface area contributed by atoms with E-state index in [0.717, 1.165) is 0 Å². The summed E-state index contributed by atoms with van der Waals surface area (Å²) in [5.74, 6) is 0. The molecule has 0 fully saturated rings. The summed E-state index contributed by atoms with van der Waals surface area (Å²) in [6, 6.07) is 0. The molecule has 0 amide bonds. The third kappa shape index (κ3) is 361. The van der Waals surface area contributed by atoms with Gasteiger partial charge in [0.15, 0.2) is 0 Å². The van der Waals surface area contributed by atoms with E-state index in [1.807, 2.05) is 0 Å². The predicted molar refractivity (Wildman–Crippen MR) is 14.8 cm³/mol. The van der Waals surface area contributed by atoms with Gasteiger partial charge in [-0.1, -0.05) is 0 Å². The zero-order chi connectivity index (χ0) is 5.58. The van der Waals surface area contributed by atoms with Crippen LogP contribution in [-0.4, -0.2) is 16.4 Å². The van der Waals surface area contributed by atoms with Crippen molar-refractivity contribution in [2.24, 2.45) is 4.81 Å². The van der Waals surface area contributed by atoms with Gasteiger partial charge in [-0.3, -0.25) is 0 Å². The average Bonchev–Trinajstić information content (AvgIpc) is 1.41. The predicted octanol–water partition coefficient (Wildman–Crippen LogP) is -0.371. The summed E-state index contributed by atoms with van der Waals surface area (Å²) in [6.45, 7) is 0. The molecule has 0 aliphatic carbocycles. The molecule has 0 saturated carbocycles. The molecule has 0 unspecified atom stereocenters. The molecule has 0 aliphatic rings. The second-order valence-electron chi connectivity index (χ2n) is 0.283. The van der Waals surface area contributed by atoms with E-state index in [1.54, 1.807) is 0 Å². The molecule has 0 atom stereocenters. The Balaban J connectivity index is 0. The van der Waals surface area contributed by atoms with Gasteiger partial charge in [-0.25, -0.2) is 4.79 Å². The van der Waals surface area contributed by atoms with E-state index in [2.05, 4.69) is 20.5 Å². The third-order valence-corrected chi connectivity index (χ3v) is 0. The molecule has 4 N–H and O–H groups in total. The van der Waals surface area contributed by atoms with Gasteiger partial charge in [0, 0.05) is 0 Å². The SMILES string of the molecule is O=C(O)O.[NH2][Ni]. The van der Waals surface area contributed by atoms with Crippen molar-refractivity contribution in [2.75, 3.05) is 0 Å². The Bertz CT molecular complexity index is 33.8. The first kappa shape index (κ1) is 9.21. The standard InChI is InChI=1S/CH2O3.H2N.Ni/c2-1(3)4;;/h(H2,2,3,4);1H2;/q;-1;+1. The van der Waals surface area contributed by atoms with Crippen LogP contribution in [-0.2, 0) is 15.7 Å². The Morgan fingerprint density at radius 3 is 1.50 bits per heavy atom. The molecule has 0 aliphatic heterocycles. The van der Waals surface area contributed by atoms with Crippen LogP contribution in [0.1, 0.15) is 0 Å². The maximum absolute atomic E-state index is 8.56. The van der Waals surface area contributed by atoms with Gasteiger partial charge in [0.2, 0.25) is 0 Å². The Labute approximate surface area is 42.5 Å². The fraction of sp³-hybridized carbons (Fsp3) is 0. The van der Waals surface area contributed by atoms with Crippen molar-refractivity contribution in [1.29, 1.82) is 0 Å². The van der Waals surface area contributed by atoms with Crippen molar-refractivity contribution >= 4 is 6.16 Å². The van der Waals surface area contributed by atoms with Crippen molar-refractivity contribution in [2.45, 2.75) is 0 Å². The van der Waals surface area contributed by atoms with E-state index in [0.29, 0.717) is 0 Å². The molecule has 0 heterocycles. The number of hydrogen-bond acceptors (Lipinski definition) is 2. The molecule has 0 aromatic heterocycles. The van der Waals surface area contributed by atoms with Gasteiger partial charge in [0.25, 0.3) is 0 Å². The second-order valence-corrected chi connectivity index (χ2v) is 0.283. The first-order valence-corrected chi connectivity index (χ1v) is 1.40. The molecule has 0 aromatic rings. The van der Waals surface area contributed by atoms with E-state index in [9.17, 15) is 0 Å². The van der Waals surface area contributed by atoms with Crippen LogP contribution in [0, 0.1) is 0 Å². The molecular weight excluding hydrogens is 133 g/mol. The number of carbonyl (C=O) groups is 1. The van der Waals surface area contributed by atoms with Gasteiger partial charge in [-0.15, -0.1) is 0 Å². The van der Waals surface area contributed by atoms with Crippen molar-refractivity contribution in [3.63, 3.8) is 0 Å². The van der Waals surface area contributed by atoms with Crippen LogP contribution < -0.4 is 4.81 Å². The molecule has 0 bridgehead atoms. The Morgan fingerprint density at radius 2 is 1.50 bits per heavy atom. The maximum atomic E-state index is 8.56. The minimum atomic E-state index is -1.83. The summed E-state index contributed by atoms with van der Waals surface area (Å²) >= 11 is 3.38. The quantitative estimate of drug-likeness (QED) is 0.397. The van der Waals surface area contributed by atoms with Crippen molar-refractivity contribution in [3.8, 4) is 0 Å². The monoisotopic (exact) mass is 136 g/mol. The number of nitrogens with two attached hydrogens (primary N) is 1. The van der Waals surface area contributed by atoms with Gasteiger partial charge in [-0.05, 0) is 0 Å². The Morgan fingerprint density at radius 1 is 1.50 bits per heavy atom. The van der Waals surface area contributed by atoms with Crippen LogP contribution in [0.3, 0.4) is 0 Å². The molecular formula is CH4NNiO3. The summed E-state index contributed by atoms with van der Waals surface area (Å²) < 4.78 is 0. The topological polar surface area (TPSA) is 83.5 Å². The Kier molecular flexibility index (Phi) is 13.6. The van der Waals surface area contributed by atoms with Crippen LogP contribution in [0.4, 0.5) is 4.79 Å². The third-order valence-electron chi connectivity index (χ3n) is 0. The summed E-state index contributed by atoms with van der Waals surface area (Å²) in [5, 5.41) is 13.9. The van der Waals surface area contributed by atoms with Crippen LogP contribution in [0.15, 0.2) is 0 Å². The van der Waals surface area contributed by atoms with Gasteiger partial charge >= 0.3 is 26.6 Å². The van der Waals surface area contributed by atoms with Crippen LogP contribution >= 0.6 is 0 Å². The van der Waals surface area contributed by atoms with Crippen molar-refractivity contribution < 1.29 is 30.7 Å². The van der Waals surface area contributed by atoms with Crippen LogP contribution in [0.25, 0.3) is 0 Å². The molecule has 4 nitrogen and oxygen atoms in total. The normalized spacial score (nSPS) is 5.17.